The van der Waals surface area contributed by atoms with E-state index in [1.54, 1.807) is 0 Å². The number of nitrogens with one attached hydrogen (secondary N) is 1. The first-order valence-electron chi connectivity index (χ1n) is 7.15. The first-order chi connectivity index (χ1) is 10.9. The molecule has 0 bridgehead atoms. The summed E-state index contributed by atoms with van der Waals surface area (Å²) in [6, 6.07) is 19.4. The number of amidine groups is 1. The summed E-state index contributed by atoms with van der Waals surface area (Å²) in [5.74, 6) is 0.428. The van der Waals surface area contributed by atoms with Gasteiger partial charge < -0.3 is 4.84 Å². The fourth-order valence-corrected chi connectivity index (χ4v) is 2.31. The van der Waals surface area contributed by atoms with Crippen LogP contribution in [0.5, 0.6) is 0 Å². The molecule has 2 N–H and O–H groups in total. The molecule has 0 saturated heterocycles. The Bertz CT molecular complexity index is 669. The maximum atomic E-state index is 9.23. The summed E-state index contributed by atoms with van der Waals surface area (Å²) in [7, 11) is 0. The molecule has 1 aliphatic heterocycles. The summed E-state index contributed by atoms with van der Waals surface area (Å²) >= 11 is 0. The van der Waals surface area contributed by atoms with Crippen molar-refractivity contribution < 1.29 is 10.0 Å². The van der Waals surface area contributed by atoms with E-state index in [9.17, 15) is 5.21 Å². The van der Waals surface area contributed by atoms with Crippen LogP contribution in [0.2, 0.25) is 0 Å². The van der Waals surface area contributed by atoms with Gasteiger partial charge in [-0.15, -0.1) is 0 Å². The molecule has 0 amide bonds. The third kappa shape index (κ3) is 3.32. The third-order valence-electron chi connectivity index (χ3n) is 3.45. The van der Waals surface area contributed by atoms with E-state index in [4.69, 9.17) is 4.84 Å². The van der Waals surface area contributed by atoms with Gasteiger partial charge in [-0.05, 0) is 5.56 Å². The Morgan fingerprint density at radius 3 is 2.50 bits per heavy atom. The maximum absolute atomic E-state index is 9.23. The van der Waals surface area contributed by atoms with Crippen LogP contribution < -0.4 is 5.48 Å². The molecule has 2 aromatic rings. The van der Waals surface area contributed by atoms with Crippen LogP contribution in [-0.2, 0) is 4.84 Å². The molecule has 0 saturated carbocycles. The third-order valence-corrected chi connectivity index (χ3v) is 3.45. The fraction of sp³-hybridized carbons (Fsp3) is 0.176. The molecule has 0 aromatic heterocycles. The zero-order valence-corrected chi connectivity index (χ0v) is 12.0. The molecule has 5 heteroatoms. The lowest BCUT2D eigenvalue weighted by Gasteiger charge is -2.08. The van der Waals surface area contributed by atoms with Gasteiger partial charge >= 0.3 is 0 Å². The molecule has 22 heavy (non-hydrogen) atoms. The quantitative estimate of drug-likeness (QED) is 0.517. The highest BCUT2D eigenvalue weighted by Crippen LogP contribution is 2.17. The van der Waals surface area contributed by atoms with Crippen molar-refractivity contribution in [2.75, 3.05) is 6.54 Å². The molecule has 1 aliphatic rings. The van der Waals surface area contributed by atoms with E-state index in [2.05, 4.69) is 15.6 Å². The van der Waals surface area contributed by atoms with Crippen molar-refractivity contribution >= 4 is 11.5 Å². The van der Waals surface area contributed by atoms with E-state index in [1.807, 2.05) is 60.7 Å². The lowest BCUT2D eigenvalue weighted by Crippen LogP contribution is -2.23. The smallest absolute Gasteiger partial charge is 0.152 e. The van der Waals surface area contributed by atoms with E-state index in [1.165, 1.54) is 0 Å². The van der Waals surface area contributed by atoms with Gasteiger partial charge in [0.2, 0.25) is 0 Å². The first kappa shape index (κ1) is 14.3. The van der Waals surface area contributed by atoms with Crippen molar-refractivity contribution in [3.05, 3.63) is 71.8 Å². The second-order valence-corrected chi connectivity index (χ2v) is 5.00. The average Bonchev–Trinajstić information content (AvgIpc) is 3.06. The number of rotatable bonds is 4. The molecule has 1 atom stereocenters. The van der Waals surface area contributed by atoms with Crippen LogP contribution in [-0.4, -0.2) is 29.4 Å². The second kappa shape index (κ2) is 6.87. The Morgan fingerprint density at radius 2 is 1.82 bits per heavy atom. The van der Waals surface area contributed by atoms with Gasteiger partial charge in [0.25, 0.3) is 0 Å². The minimum Gasteiger partial charge on any atom is -0.390 e. The number of aliphatic imine (C=N–C) groups is 1. The van der Waals surface area contributed by atoms with Crippen LogP contribution in [0.4, 0.5) is 0 Å². The largest absolute Gasteiger partial charge is 0.390 e. The van der Waals surface area contributed by atoms with Crippen molar-refractivity contribution in [3.63, 3.8) is 0 Å². The monoisotopic (exact) mass is 295 g/mol. The van der Waals surface area contributed by atoms with Crippen molar-refractivity contribution in [1.82, 2.24) is 5.48 Å². The summed E-state index contributed by atoms with van der Waals surface area (Å²) in [5.41, 5.74) is 4.97. The average molecular weight is 295 g/mol. The number of nitrogens with zero attached hydrogens (tertiary/aromatic N) is 2. The minimum absolute atomic E-state index is 0.109. The standard InChI is InChI=1S/C17H17N3O2/c21-19-17(14-9-5-2-6-10-14)18-12-15-11-16(20-22-15)13-7-3-1-4-8-13/h1-10,15,21H,11-12H2,(H,18,19). The second-order valence-electron chi connectivity index (χ2n) is 5.00. The predicted molar refractivity (Wildman–Crippen MR) is 85.2 cm³/mol. The van der Waals surface area contributed by atoms with Crippen molar-refractivity contribution in [2.24, 2.45) is 10.1 Å². The van der Waals surface area contributed by atoms with Gasteiger partial charge in [-0.3, -0.25) is 15.7 Å². The Hall–Kier alpha value is -2.66. The van der Waals surface area contributed by atoms with E-state index in [0.717, 1.165) is 16.8 Å². The van der Waals surface area contributed by atoms with Gasteiger partial charge in [-0.2, -0.15) is 0 Å². The van der Waals surface area contributed by atoms with Crippen molar-refractivity contribution in [3.8, 4) is 0 Å². The topological polar surface area (TPSA) is 66.2 Å². The summed E-state index contributed by atoms with van der Waals surface area (Å²) < 4.78 is 0. The van der Waals surface area contributed by atoms with E-state index in [0.29, 0.717) is 18.8 Å². The molecule has 1 unspecified atom stereocenters. The highest BCUT2D eigenvalue weighted by molar-refractivity contribution is 6.01. The molecule has 2 aromatic carbocycles. The number of hydroxylamine groups is 1. The number of hydrogen-bond acceptors (Lipinski definition) is 4. The van der Waals surface area contributed by atoms with Gasteiger partial charge in [0.1, 0.15) is 0 Å². The van der Waals surface area contributed by atoms with Crippen LogP contribution in [0.3, 0.4) is 0 Å². The number of oxime groups is 1. The highest BCUT2D eigenvalue weighted by atomic mass is 16.6. The molecular formula is C17H17N3O2. The first-order valence-corrected chi connectivity index (χ1v) is 7.15. The van der Waals surface area contributed by atoms with E-state index < -0.39 is 0 Å². The van der Waals surface area contributed by atoms with E-state index in [-0.39, 0.29) is 6.10 Å². The van der Waals surface area contributed by atoms with Crippen LogP contribution in [0.15, 0.2) is 70.8 Å². The van der Waals surface area contributed by atoms with Crippen molar-refractivity contribution in [1.29, 1.82) is 0 Å². The van der Waals surface area contributed by atoms with Gasteiger partial charge in [-0.1, -0.05) is 65.8 Å². The molecule has 0 fully saturated rings. The lowest BCUT2D eigenvalue weighted by molar-refractivity contribution is 0.0919. The molecule has 0 spiro atoms. The van der Waals surface area contributed by atoms with Crippen molar-refractivity contribution in [2.45, 2.75) is 12.5 Å². The summed E-state index contributed by atoms with van der Waals surface area (Å²) in [4.78, 5) is 9.80. The highest BCUT2D eigenvalue weighted by Gasteiger charge is 2.21. The molecule has 5 nitrogen and oxygen atoms in total. The fourth-order valence-electron chi connectivity index (χ4n) is 2.31. The summed E-state index contributed by atoms with van der Waals surface area (Å²) in [5, 5.41) is 13.4. The SMILES string of the molecule is ONC(=NCC1CC(c2ccccc2)=NO1)c1ccccc1. The normalized spacial score (nSPS) is 17.8. The van der Waals surface area contributed by atoms with Gasteiger partial charge in [0.15, 0.2) is 11.9 Å². The van der Waals surface area contributed by atoms with E-state index >= 15 is 0 Å². The van der Waals surface area contributed by atoms with Gasteiger partial charge in [-0.25, -0.2) is 0 Å². The zero-order chi connectivity index (χ0) is 15.2. The summed E-state index contributed by atoms with van der Waals surface area (Å²) in [6.45, 7) is 0.428. The molecule has 0 aliphatic carbocycles. The van der Waals surface area contributed by atoms with Crippen LogP contribution in [0.25, 0.3) is 0 Å². The maximum Gasteiger partial charge on any atom is 0.152 e. The lowest BCUT2D eigenvalue weighted by atomic mass is 10.1. The van der Waals surface area contributed by atoms with Crippen LogP contribution in [0, 0.1) is 0 Å². The number of hydrogen-bond donors (Lipinski definition) is 2. The Labute approximate surface area is 128 Å². The summed E-state index contributed by atoms with van der Waals surface area (Å²) in [6.07, 6.45) is 0.600. The molecule has 0 radical (unpaired) electrons. The molecule has 1 heterocycles. The van der Waals surface area contributed by atoms with Gasteiger partial charge in [0, 0.05) is 12.0 Å². The molecule has 112 valence electrons. The van der Waals surface area contributed by atoms with Crippen LogP contribution >= 0.6 is 0 Å². The zero-order valence-electron chi connectivity index (χ0n) is 12.0. The molecule has 3 rings (SSSR count). The molecular weight excluding hydrogens is 278 g/mol. The Morgan fingerprint density at radius 1 is 1.14 bits per heavy atom. The van der Waals surface area contributed by atoms with Gasteiger partial charge in [0.05, 0.1) is 12.3 Å². The minimum atomic E-state index is -0.109. The predicted octanol–water partition coefficient (Wildman–Crippen LogP) is 2.61. The van der Waals surface area contributed by atoms with Crippen LogP contribution in [0.1, 0.15) is 17.5 Å². The Balaban J connectivity index is 1.62. The number of benzene rings is 2. The Kier molecular flexibility index (Phi) is 4.46.